The molecule has 1 amide bonds. The Balaban J connectivity index is 1.46. The van der Waals surface area contributed by atoms with Crippen molar-refractivity contribution in [3.63, 3.8) is 0 Å². The molecule has 3 rings (SSSR count). The van der Waals surface area contributed by atoms with Gasteiger partial charge in [0.05, 0.1) is 25.2 Å². The van der Waals surface area contributed by atoms with E-state index < -0.39 is 5.97 Å². The standard InChI is InChI=1S/C24H29NO5S/c1-2-29-24(28)22-18-12-6-7-13-19(18)31-23(22)25-20(26)14-15-21(27)30-16-8-11-17-9-4-3-5-10-17/h3-5,9-10H,2,6-8,11-16H2,1H3,(H,25,26). The molecule has 1 aliphatic carbocycles. The highest BCUT2D eigenvalue weighted by atomic mass is 32.1. The Morgan fingerprint density at radius 2 is 1.81 bits per heavy atom. The van der Waals surface area contributed by atoms with Gasteiger partial charge in [-0.2, -0.15) is 0 Å². The summed E-state index contributed by atoms with van der Waals surface area (Å²) < 4.78 is 10.4. The third-order valence-electron chi connectivity index (χ3n) is 5.18. The van der Waals surface area contributed by atoms with Crippen LogP contribution in [0, 0.1) is 0 Å². The normalized spacial score (nSPS) is 12.7. The number of nitrogens with one attached hydrogen (secondary N) is 1. The van der Waals surface area contributed by atoms with Gasteiger partial charge in [0.2, 0.25) is 5.91 Å². The van der Waals surface area contributed by atoms with E-state index in [0.29, 0.717) is 17.2 Å². The largest absolute Gasteiger partial charge is 0.466 e. The maximum absolute atomic E-state index is 12.5. The first-order chi connectivity index (χ1) is 15.1. The van der Waals surface area contributed by atoms with Crippen LogP contribution < -0.4 is 5.32 Å². The van der Waals surface area contributed by atoms with E-state index in [-0.39, 0.29) is 31.3 Å². The molecule has 1 aromatic carbocycles. The molecule has 0 aliphatic heterocycles. The number of fused-ring (bicyclic) bond motifs is 1. The first kappa shape index (κ1) is 23.0. The van der Waals surface area contributed by atoms with Crippen molar-refractivity contribution in [1.82, 2.24) is 0 Å². The predicted molar refractivity (Wildman–Crippen MR) is 121 cm³/mol. The summed E-state index contributed by atoms with van der Waals surface area (Å²) in [6.45, 7) is 2.38. The van der Waals surface area contributed by atoms with E-state index in [4.69, 9.17) is 9.47 Å². The number of hydrogen-bond acceptors (Lipinski definition) is 6. The number of rotatable bonds is 10. The smallest absolute Gasteiger partial charge is 0.341 e. The lowest BCUT2D eigenvalue weighted by molar-refractivity contribution is -0.144. The van der Waals surface area contributed by atoms with E-state index in [1.54, 1.807) is 6.92 Å². The molecule has 31 heavy (non-hydrogen) atoms. The second-order valence-electron chi connectivity index (χ2n) is 7.49. The van der Waals surface area contributed by atoms with Crippen LogP contribution in [-0.2, 0) is 38.3 Å². The van der Waals surface area contributed by atoms with E-state index >= 15 is 0 Å². The van der Waals surface area contributed by atoms with Gasteiger partial charge in [-0.3, -0.25) is 9.59 Å². The molecule has 1 N–H and O–H groups in total. The fourth-order valence-corrected chi connectivity index (χ4v) is 4.95. The molecule has 2 aromatic rings. The Morgan fingerprint density at radius 3 is 2.58 bits per heavy atom. The van der Waals surface area contributed by atoms with Gasteiger partial charge in [0.15, 0.2) is 0 Å². The zero-order valence-electron chi connectivity index (χ0n) is 17.9. The van der Waals surface area contributed by atoms with Crippen LogP contribution in [0.2, 0.25) is 0 Å². The molecule has 0 saturated carbocycles. The maximum atomic E-state index is 12.5. The minimum atomic E-state index is -0.393. The van der Waals surface area contributed by atoms with Crippen LogP contribution in [0.1, 0.15) is 65.4 Å². The van der Waals surface area contributed by atoms with E-state index in [9.17, 15) is 14.4 Å². The number of esters is 2. The Bertz CT molecular complexity index is 906. The van der Waals surface area contributed by atoms with E-state index in [1.807, 2.05) is 30.3 Å². The number of carbonyl (C=O) groups is 3. The number of ether oxygens (including phenoxy) is 2. The summed E-state index contributed by atoms with van der Waals surface area (Å²) in [5, 5.41) is 3.36. The number of benzene rings is 1. The van der Waals surface area contributed by atoms with Gasteiger partial charge in [-0.25, -0.2) is 4.79 Å². The molecule has 0 unspecified atom stereocenters. The molecule has 0 spiro atoms. The summed E-state index contributed by atoms with van der Waals surface area (Å²) >= 11 is 1.44. The molecule has 0 fully saturated rings. The minimum Gasteiger partial charge on any atom is -0.466 e. The zero-order chi connectivity index (χ0) is 22.1. The average molecular weight is 444 g/mol. The number of hydrogen-bond donors (Lipinski definition) is 1. The molecule has 0 radical (unpaired) electrons. The van der Waals surface area contributed by atoms with Gasteiger partial charge in [-0.1, -0.05) is 30.3 Å². The molecule has 7 heteroatoms. The topological polar surface area (TPSA) is 81.7 Å². The van der Waals surface area contributed by atoms with Crippen molar-refractivity contribution in [3.8, 4) is 0 Å². The van der Waals surface area contributed by atoms with Crippen molar-refractivity contribution in [3.05, 3.63) is 51.9 Å². The van der Waals surface area contributed by atoms with Crippen LogP contribution in [0.3, 0.4) is 0 Å². The second kappa shape index (κ2) is 11.6. The van der Waals surface area contributed by atoms with E-state index in [0.717, 1.165) is 49.0 Å². The number of aryl methyl sites for hydroxylation is 2. The fourth-order valence-electron chi connectivity index (χ4n) is 3.66. The molecule has 6 nitrogen and oxygen atoms in total. The average Bonchev–Trinajstić information content (AvgIpc) is 3.14. The summed E-state index contributed by atoms with van der Waals surface area (Å²) in [5.74, 6) is -1.08. The van der Waals surface area contributed by atoms with Gasteiger partial charge in [0.1, 0.15) is 5.00 Å². The van der Waals surface area contributed by atoms with Gasteiger partial charge in [0, 0.05) is 11.3 Å². The number of carbonyl (C=O) groups excluding carboxylic acids is 3. The number of thiophene rings is 1. The highest BCUT2D eigenvalue weighted by Gasteiger charge is 2.27. The second-order valence-corrected chi connectivity index (χ2v) is 8.60. The Labute approximate surface area is 186 Å². The van der Waals surface area contributed by atoms with Gasteiger partial charge in [0.25, 0.3) is 0 Å². The maximum Gasteiger partial charge on any atom is 0.341 e. The molecule has 1 heterocycles. The number of anilines is 1. The summed E-state index contributed by atoms with van der Waals surface area (Å²) in [7, 11) is 0. The van der Waals surface area contributed by atoms with E-state index in [2.05, 4.69) is 5.32 Å². The monoisotopic (exact) mass is 443 g/mol. The van der Waals surface area contributed by atoms with Crippen molar-refractivity contribution in [2.45, 2.75) is 58.3 Å². The molecule has 1 aromatic heterocycles. The van der Waals surface area contributed by atoms with E-state index in [1.165, 1.54) is 16.9 Å². The lowest BCUT2D eigenvalue weighted by Crippen LogP contribution is -2.17. The third-order valence-corrected chi connectivity index (χ3v) is 6.38. The lowest BCUT2D eigenvalue weighted by atomic mass is 9.95. The zero-order valence-corrected chi connectivity index (χ0v) is 18.7. The summed E-state index contributed by atoms with van der Waals surface area (Å²) in [5.41, 5.74) is 2.69. The Kier molecular flexibility index (Phi) is 8.64. The lowest BCUT2D eigenvalue weighted by Gasteiger charge is -2.12. The molecular weight excluding hydrogens is 414 g/mol. The van der Waals surface area contributed by atoms with Crippen molar-refractivity contribution < 1.29 is 23.9 Å². The van der Waals surface area contributed by atoms with Gasteiger partial charge < -0.3 is 14.8 Å². The summed E-state index contributed by atoms with van der Waals surface area (Å²) in [6.07, 6.45) is 5.46. The first-order valence-electron chi connectivity index (χ1n) is 10.9. The van der Waals surface area contributed by atoms with Crippen molar-refractivity contribution in [2.75, 3.05) is 18.5 Å². The summed E-state index contributed by atoms with van der Waals surface area (Å²) in [6, 6.07) is 10.0. The van der Waals surface area contributed by atoms with Crippen molar-refractivity contribution >= 4 is 34.2 Å². The molecule has 166 valence electrons. The van der Waals surface area contributed by atoms with Crippen LogP contribution >= 0.6 is 11.3 Å². The third kappa shape index (κ3) is 6.66. The molecule has 0 bridgehead atoms. The van der Waals surface area contributed by atoms with Gasteiger partial charge >= 0.3 is 11.9 Å². The van der Waals surface area contributed by atoms with Gasteiger partial charge in [-0.15, -0.1) is 11.3 Å². The van der Waals surface area contributed by atoms with Crippen molar-refractivity contribution in [2.24, 2.45) is 0 Å². The quantitative estimate of drug-likeness (QED) is 0.425. The van der Waals surface area contributed by atoms with Crippen molar-refractivity contribution in [1.29, 1.82) is 0 Å². The first-order valence-corrected chi connectivity index (χ1v) is 11.7. The summed E-state index contributed by atoms with van der Waals surface area (Å²) in [4.78, 5) is 38.0. The predicted octanol–water partition coefficient (Wildman–Crippen LogP) is 4.70. The SMILES string of the molecule is CCOC(=O)c1c(NC(=O)CCC(=O)OCCCc2ccccc2)sc2c1CCCC2. The molecule has 1 aliphatic rings. The fraction of sp³-hybridized carbons (Fsp3) is 0.458. The number of amides is 1. The van der Waals surface area contributed by atoms with Crippen LogP contribution in [0.4, 0.5) is 5.00 Å². The van der Waals surface area contributed by atoms with Crippen LogP contribution in [0.15, 0.2) is 30.3 Å². The minimum absolute atomic E-state index is 0.0109. The molecule has 0 saturated heterocycles. The molecular formula is C24H29NO5S. The Hall–Kier alpha value is -2.67. The van der Waals surface area contributed by atoms with Crippen LogP contribution in [0.25, 0.3) is 0 Å². The highest BCUT2D eigenvalue weighted by molar-refractivity contribution is 7.17. The Morgan fingerprint density at radius 1 is 1.03 bits per heavy atom. The van der Waals surface area contributed by atoms with Gasteiger partial charge in [-0.05, 0) is 56.6 Å². The van der Waals surface area contributed by atoms with Crippen LogP contribution in [0.5, 0.6) is 0 Å². The van der Waals surface area contributed by atoms with Crippen LogP contribution in [-0.4, -0.2) is 31.1 Å². The highest BCUT2D eigenvalue weighted by Crippen LogP contribution is 2.38. The molecule has 0 atom stereocenters.